The first kappa shape index (κ1) is 16.1. The number of rotatable bonds is 4. The van der Waals surface area contributed by atoms with Crippen LogP contribution in [0.5, 0.6) is 0 Å². The molecule has 0 radical (unpaired) electrons. The van der Waals surface area contributed by atoms with Gasteiger partial charge in [0.1, 0.15) is 5.82 Å². The van der Waals surface area contributed by atoms with Gasteiger partial charge in [0.15, 0.2) is 5.78 Å². The van der Waals surface area contributed by atoms with Crippen molar-refractivity contribution in [3.63, 3.8) is 0 Å². The minimum atomic E-state index is -3.76. The molecule has 1 aromatic rings. The summed E-state index contributed by atoms with van der Waals surface area (Å²) in [6.07, 6.45) is 2.48. The van der Waals surface area contributed by atoms with Crippen LogP contribution >= 0.6 is 0 Å². The lowest BCUT2D eigenvalue weighted by Crippen LogP contribution is -2.47. The van der Waals surface area contributed by atoms with Crippen LogP contribution in [0, 0.1) is 12.7 Å². The molecular weight excluding hydrogens is 293 g/mol. The number of piperidine rings is 1. The third kappa shape index (κ3) is 3.16. The Morgan fingerprint density at radius 1 is 1.38 bits per heavy atom. The van der Waals surface area contributed by atoms with E-state index in [1.807, 2.05) is 0 Å². The van der Waals surface area contributed by atoms with Crippen molar-refractivity contribution in [1.82, 2.24) is 4.31 Å². The van der Waals surface area contributed by atoms with Crippen LogP contribution in [0.4, 0.5) is 4.39 Å². The number of hydrogen-bond donors (Lipinski definition) is 0. The van der Waals surface area contributed by atoms with Crippen LogP contribution in [0.2, 0.25) is 0 Å². The molecule has 1 aliphatic heterocycles. The lowest BCUT2D eigenvalue weighted by Gasteiger charge is -2.33. The Morgan fingerprint density at radius 3 is 2.71 bits per heavy atom. The van der Waals surface area contributed by atoms with Crippen molar-refractivity contribution in [2.45, 2.75) is 50.5 Å². The van der Waals surface area contributed by atoms with Gasteiger partial charge in [-0.15, -0.1) is 0 Å². The fraction of sp³-hybridized carbons (Fsp3) is 0.533. The fourth-order valence-electron chi connectivity index (χ4n) is 2.66. The van der Waals surface area contributed by atoms with Gasteiger partial charge < -0.3 is 0 Å². The third-order valence-electron chi connectivity index (χ3n) is 3.91. The maximum absolute atomic E-state index is 13.3. The average Bonchev–Trinajstić information content (AvgIpc) is 2.49. The van der Waals surface area contributed by atoms with Gasteiger partial charge >= 0.3 is 0 Å². The van der Waals surface area contributed by atoms with Crippen LogP contribution in [0.3, 0.4) is 0 Å². The Balaban J connectivity index is 2.40. The summed E-state index contributed by atoms with van der Waals surface area (Å²) in [6, 6.07) is 3.16. The first-order valence-electron chi connectivity index (χ1n) is 7.18. The number of hydrogen-bond acceptors (Lipinski definition) is 3. The Morgan fingerprint density at radius 2 is 2.10 bits per heavy atom. The summed E-state index contributed by atoms with van der Waals surface area (Å²) in [5.74, 6) is -0.495. The summed E-state index contributed by atoms with van der Waals surface area (Å²) in [5.41, 5.74) is 0.284. The van der Waals surface area contributed by atoms with E-state index >= 15 is 0 Å². The molecule has 0 saturated carbocycles. The lowest BCUT2D eigenvalue weighted by molar-refractivity contribution is -0.123. The van der Waals surface area contributed by atoms with Crippen molar-refractivity contribution < 1.29 is 17.6 Å². The lowest BCUT2D eigenvalue weighted by atomic mass is 10.00. The van der Waals surface area contributed by atoms with Crippen LogP contribution in [0.25, 0.3) is 0 Å². The molecule has 21 heavy (non-hydrogen) atoms. The molecule has 0 bridgehead atoms. The maximum Gasteiger partial charge on any atom is 0.243 e. The predicted octanol–water partition coefficient (Wildman–Crippen LogP) is 2.66. The normalized spacial score (nSPS) is 20.4. The van der Waals surface area contributed by atoms with Gasteiger partial charge in [-0.25, -0.2) is 12.8 Å². The number of halogens is 1. The Hall–Kier alpha value is -1.27. The number of aryl methyl sites for hydroxylation is 1. The van der Waals surface area contributed by atoms with Gasteiger partial charge in [-0.05, 0) is 43.5 Å². The summed E-state index contributed by atoms with van der Waals surface area (Å²) in [5, 5.41) is 0. The summed E-state index contributed by atoms with van der Waals surface area (Å²) in [4.78, 5) is 12.1. The molecule has 0 spiro atoms. The smallest absolute Gasteiger partial charge is 0.243 e. The fourth-order valence-corrected chi connectivity index (χ4v) is 4.43. The van der Waals surface area contributed by atoms with Crippen LogP contribution < -0.4 is 0 Å². The van der Waals surface area contributed by atoms with E-state index < -0.39 is 21.9 Å². The van der Waals surface area contributed by atoms with Crippen molar-refractivity contribution in [1.29, 1.82) is 0 Å². The summed E-state index contributed by atoms with van der Waals surface area (Å²) in [6.45, 7) is 3.61. The quantitative estimate of drug-likeness (QED) is 0.858. The van der Waals surface area contributed by atoms with Gasteiger partial charge in [0.2, 0.25) is 10.0 Å². The Bertz CT molecular complexity index is 642. The van der Waals surface area contributed by atoms with E-state index in [-0.39, 0.29) is 16.2 Å². The van der Waals surface area contributed by atoms with Crippen molar-refractivity contribution in [3.8, 4) is 0 Å². The van der Waals surface area contributed by atoms with Crippen LogP contribution in [-0.4, -0.2) is 31.1 Å². The van der Waals surface area contributed by atoms with E-state index in [1.165, 1.54) is 23.4 Å². The number of sulfonamides is 1. The topological polar surface area (TPSA) is 54.5 Å². The van der Waals surface area contributed by atoms with Gasteiger partial charge in [0.25, 0.3) is 0 Å². The number of carbonyl (C=O) groups excluding carboxylic acids is 1. The molecule has 0 N–H and O–H groups in total. The zero-order valence-corrected chi connectivity index (χ0v) is 13.1. The van der Waals surface area contributed by atoms with Crippen molar-refractivity contribution in [2.75, 3.05) is 6.54 Å². The highest BCUT2D eigenvalue weighted by atomic mass is 32.2. The second-order valence-corrected chi connectivity index (χ2v) is 7.25. The number of ketones is 1. The highest BCUT2D eigenvalue weighted by Gasteiger charge is 2.36. The molecule has 2 rings (SSSR count). The molecule has 4 nitrogen and oxygen atoms in total. The molecule has 116 valence electrons. The van der Waals surface area contributed by atoms with Crippen molar-refractivity contribution >= 4 is 15.8 Å². The number of benzene rings is 1. The zero-order chi connectivity index (χ0) is 15.6. The van der Waals surface area contributed by atoms with Crippen LogP contribution in [0.15, 0.2) is 23.1 Å². The number of nitrogens with zero attached hydrogens (tertiary/aromatic N) is 1. The third-order valence-corrected chi connectivity index (χ3v) is 5.81. The van der Waals surface area contributed by atoms with Crippen molar-refractivity contribution in [2.24, 2.45) is 0 Å². The molecule has 0 amide bonds. The summed E-state index contributed by atoms with van der Waals surface area (Å²) >= 11 is 0. The summed E-state index contributed by atoms with van der Waals surface area (Å²) in [7, 11) is -3.76. The predicted molar refractivity (Wildman–Crippen MR) is 78.0 cm³/mol. The molecule has 1 heterocycles. The summed E-state index contributed by atoms with van der Waals surface area (Å²) < 4.78 is 40.1. The molecule has 0 aromatic heterocycles. The molecule has 1 saturated heterocycles. The van der Waals surface area contributed by atoms with E-state index in [2.05, 4.69) is 0 Å². The maximum atomic E-state index is 13.3. The largest absolute Gasteiger partial charge is 0.298 e. The SMILES string of the molecule is CCC(=O)C1CCCCN1S(=O)(=O)c1ccc(F)c(C)c1. The van der Waals surface area contributed by atoms with E-state index in [0.717, 1.165) is 18.9 Å². The standard InChI is InChI=1S/C15H20FNO3S/c1-3-15(18)14-6-4-5-9-17(14)21(19,20)12-7-8-13(16)11(2)10-12/h7-8,10,14H,3-6,9H2,1-2H3. The Labute approximate surface area is 125 Å². The number of carbonyl (C=O) groups is 1. The van der Waals surface area contributed by atoms with E-state index in [4.69, 9.17) is 0 Å². The average molecular weight is 313 g/mol. The first-order valence-corrected chi connectivity index (χ1v) is 8.62. The molecule has 1 aromatic carbocycles. The van der Waals surface area contributed by atoms with Crippen molar-refractivity contribution in [3.05, 3.63) is 29.6 Å². The van der Waals surface area contributed by atoms with E-state index in [0.29, 0.717) is 19.4 Å². The zero-order valence-electron chi connectivity index (χ0n) is 12.3. The second kappa shape index (κ2) is 6.23. The van der Waals surface area contributed by atoms with Gasteiger partial charge in [0, 0.05) is 13.0 Å². The van der Waals surface area contributed by atoms with E-state index in [9.17, 15) is 17.6 Å². The van der Waals surface area contributed by atoms with Gasteiger partial charge in [-0.3, -0.25) is 4.79 Å². The van der Waals surface area contributed by atoms with Gasteiger partial charge in [-0.2, -0.15) is 4.31 Å². The van der Waals surface area contributed by atoms with Gasteiger partial charge in [-0.1, -0.05) is 13.3 Å². The molecule has 1 atom stereocenters. The molecular formula is C15H20FNO3S. The first-order chi connectivity index (χ1) is 9.87. The monoisotopic (exact) mass is 313 g/mol. The minimum absolute atomic E-state index is 0.0530. The van der Waals surface area contributed by atoms with E-state index in [1.54, 1.807) is 6.92 Å². The Kier molecular flexibility index (Phi) is 4.78. The highest BCUT2D eigenvalue weighted by Crippen LogP contribution is 2.27. The molecule has 0 aliphatic carbocycles. The second-order valence-electron chi connectivity index (χ2n) is 5.36. The molecule has 1 aliphatic rings. The number of Topliss-reactive ketones (excluding diaryl/α,β-unsaturated/α-hetero) is 1. The highest BCUT2D eigenvalue weighted by molar-refractivity contribution is 7.89. The van der Waals surface area contributed by atoms with Crippen LogP contribution in [-0.2, 0) is 14.8 Å². The molecule has 1 fully saturated rings. The minimum Gasteiger partial charge on any atom is -0.298 e. The van der Waals surface area contributed by atoms with Crippen LogP contribution in [0.1, 0.15) is 38.2 Å². The molecule has 6 heteroatoms. The van der Waals surface area contributed by atoms with Gasteiger partial charge in [0.05, 0.1) is 10.9 Å². The molecule has 1 unspecified atom stereocenters.